The molecule has 0 saturated carbocycles. The fourth-order valence-corrected chi connectivity index (χ4v) is 2.16. The lowest BCUT2D eigenvalue weighted by atomic mass is 9.79. The zero-order chi connectivity index (χ0) is 13.9. The number of carbonyl (C=O) groups excluding carboxylic acids is 1. The highest BCUT2D eigenvalue weighted by molar-refractivity contribution is 5.87. The van der Waals surface area contributed by atoms with Crippen LogP contribution in [0.25, 0.3) is 6.08 Å². The van der Waals surface area contributed by atoms with Crippen LogP contribution in [-0.2, 0) is 15.1 Å². The van der Waals surface area contributed by atoms with Gasteiger partial charge < -0.3 is 0 Å². The van der Waals surface area contributed by atoms with Crippen molar-refractivity contribution in [3.8, 4) is 0 Å². The second kappa shape index (κ2) is 5.36. The van der Waals surface area contributed by atoms with Crippen LogP contribution >= 0.6 is 0 Å². The molecule has 0 unspecified atom stereocenters. The standard InChI is InChI=1S/C15H20O3/c1-10-6-7-12(8-9-13(16)18-17)14(11(10)2)15(3,4)5/h6-9,17H,1-5H3/b9-8+. The molecule has 0 amide bonds. The molecule has 0 fully saturated rings. The van der Waals surface area contributed by atoms with Crippen molar-refractivity contribution < 1.29 is 14.9 Å². The van der Waals surface area contributed by atoms with Crippen LogP contribution in [0, 0.1) is 13.8 Å². The molecule has 98 valence electrons. The number of benzene rings is 1. The molecule has 0 heterocycles. The summed E-state index contributed by atoms with van der Waals surface area (Å²) >= 11 is 0. The fraction of sp³-hybridized carbons (Fsp3) is 0.400. The molecule has 1 N–H and O–H groups in total. The first-order valence-electron chi connectivity index (χ1n) is 5.91. The average molecular weight is 248 g/mol. The Labute approximate surface area is 108 Å². The van der Waals surface area contributed by atoms with Crippen molar-refractivity contribution in [1.29, 1.82) is 0 Å². The minimum atomic E-state index is -0.770. The van der Waals surface area contributed by atoms with Gasteiger partial charge >= 0.3 is 5.97 Å². The summed E-state index contributed by atoms with van der Waals surface area (Å²) in [7, 11) is 0. The number of hydrogen-bond acceptors (Lipinski definition) is 3. The highest BCUT2D eigenvalue weighted by atomic mass is 17.1. The van der Waals surface area contributed by atoms with E-state index in [-0.39, 0.29) is 5.41 Å². The van der Waals surface area contributed by atoms with E-state index in [0.29, 0.717) is 0 Å². The maximum atomic E-state index is 10.9. The molecule has 0 saturated heterocycles. The van der Waals surface area contributed by atoms with Gasteiger partial charge in [0.25, 0.3) is 0 Å². The molecule has 0 aromatic heterocycles. The molecule has 0 bridgehead atoms. The molecular weight excluding hydrogens is 228 g/mol. The highest BCUT2D eigenvalue weighted by Gasteiger charge is 2.20. The molecule has 1 aromatic rings. The molecule has 0 spiro atoms. The molecule has 3 nitrogen and oxygen atoms in total. The van der Waals surface area contributed by atoms with Crippen LogP contribution in [0.2, 0.25) is 0 Å². The summed E-state index contributed by atoms with van der Waals surface area (Å²) in [6.07, 6.45) is 2.89. The van der Waals surface area contributed by atoms with E-state index in [1.807, 2.05) is 12.1 Å². The maximum Gasteiger partial charge on any atom is 0.365 e. The van der Waals surface area contributed by atoms with Crippen molar-refractivity contribution in [2.75, 3.05) is 0 Å². The Kier molecular flexibility index (Phi) is 4.30. The summed E-state index contributed by atoms with van der Waals surface area (Å²) in [5, 5.41) is 8.24. The van der Waals surface area contributed by atoms with Crippen LogP contribution in [0.4, 0.5) is 0 Å². The van der Waals surface area contributed by atoms with E-state index in [9.17, 15) is 4.79 Å². The normalized spacial score (nSPS) is 11.9. The summed E-state index contributed by atoms with van der Waals surface area (Å²) in [6, 6.07) is 4.00. The van der Waals surface area contributed by atoms with E-state index in [1.165, 1.54) is 22.8 Å². The zero-order valence-corrected chi connectivity index (χ0v) is 11.6. The lowest BCUT2D eigenvalue weighted by Crippen LogP contribution is -2.16. The van der Waals surface area contributed by atoms with Gasteiger partial charge in [0.05, 0.1) is 0 Å². The first kappa shape index (κ1) is 14.5. The van der Waals surface area contributed by atoms with Gasteiger partial charge in [0, 0.05) is 6.08 Å². The summed E-state index contributed by atoms with van der Waals surface area (Å²) in [5.74, 6) is -0.770. The second-order valence-corrected chi connectivity index (χ2v) is 5.47. The Hall–Kier alpha value is -1.61. The Bertz CT molecular complexity index is 479. The number of rotatable bonds is 2. The largest absolute Gasteiger partial charge is 0.365 e. The molecule has 0 atom stereocenters. The van der Waals surface area contributed by atoms with Crippen LogP contribution in [-0.4, -0.2) is 11.2 Å². The van der Waals surface area contributed by atoms with E-state index < -0.39 is 5.97 Å². The summed E-state index contributed by atoms with van der Waals surface area (Å²) in [4.78, 5) is 14.6. The quantitative estimate of drug-likeness (QED) is 0.494. The lowest BCUT2D eigenvalue weighted by Gasteiger charge is -2.25. The van der Waals surface area contributed by atoms with Crippen LogP contribution in [0.5, 0.6) is 0 Å². The molecule has 18 heavy (non-hydrogen) atoms. The van der Waals surface area contributed by atoms with Crippen LogP contribution in [0.1, 0.15) is 43.0 Å². The Balaban J connectivity index is 3.33. The highest BCUT2D eigenvalue weighted by Crippen LogP contribution is 2.31. The minimum absolute atomic E-state index is 0.0150. The molecule has 0 aliphatic carbocycles. The molecule has 3 heteroatoms. The first-order chi connectivity index (χ1) is 8.27. The smallest absolute Gasteiger partial charge is 0.296 e. The second-order valence-electron chi connectivity index (χ2n) is 5.47. The summed E-state index contributed by atoms with van der Waals surface area (Å²) in [5.41, 5.74) is 4.60. The topological polar surface area (TPSA) is 46.5 Å². The van der Waals surface area contributed by atoms with Crippen LogP contribution < -0.4 is 0 Å². The third-order valence-electron chi connectivity index (χ3n) is 3.01. The average Bonchev–Trinajstić information content (AvgIpc) is 2.28. The van der Waals surface area contributed by atoms with E-state index in [4.69, 9.17) is 5.26 Å². The van der Waals surface area contributed by atoms with Gasteiger partial charge in [0.1, 0.15) is 0 Å². The predicted octanol–water partition coefficient (Wildman–Crippen LogP) is 3.63. The molecule has 0 aliphatic heterocycles. The van der Waals surface area contributed by atoms with Gasteiger partial charge in [-0.25, -0.2) is 4.79 Å². The van der Waals surface area contributed by atoms with Crippen molar-refractivity contribution in [2.24, 2.45) is 0 Å². The Morgan fingerprint density at radius 3 is 2.39 bits per heavy atom. The van der Waals surface area contributed by atoms with Gasteiger partial charge in [0.15, 0.2) is 0 Å². The molecular formula is C15H20O3. The zero-order valence-electron chi connectivity index (χ0n) is 11.6. The van der Waals surface area contributed by atoms with E-state index in [1.54, 1.807) is 6.08 Å². The molecule has 1 rings (SSSR count). The SMILES string of the molecule is Cc1ccc(/C=C/C(=O)OO)c(C(C)(C)C)c1C. The van der Waals surface area contributed by atoms with Crippen LogP contribution in [0.3, 0.4) is 0 Å². The number of hydrogen-bond donors (Lipinski definition) is 1. The van der Waals surface area contributed by atoms with E-state index >= 15 is 0 Å². The summed E-state index contributed by atoms with van der Waals surface area (Å²) < 4.78 is 0. The molecule has 0 radical (unpaired) electrons. The lowest BCUT2D eigenvalue weighted by molar-refractivity contribution is -0.227. The first-order valence-corrected chi connectivity index (χ1v) is 5.91. The van der Waals surface area contributed by atoms with E-state index in [2.05, 4.69) is 39.5 Å². The van der Waals surface area contributed by atoms with Gasteiger partial charge in [-0.3, -0.25) is 4.89 Å². The third-order valence-corrected chi connectivity index (χ3v) is 3.01. The third kappa shape index (κ3) is 3.20. The van der Waals surface area contributed by atoms with Crippen molar-refractivity contribution in [1.82, 2.24) is 0 Å². The Morgan fingerprint density at radius 2 is 1.89 bits per heavy atom. The van der Waals surface area contributed by atoms with Gasteiger partial charge in [0.2, 0.25) is 0 Å². The van der Waals surface area contributed by atoms with Crippen molar-refractivity contribution in [3.63, 3.8) is 0 Å². The van der Waals surface area contributed by atoms with Gasteiger partial charge in [-0.1, -0.05) is 32.9 Å². The van der Waals surface area contributed by atoms with Crippen molar-refractivity contribution in [3.05, 3.63) is 40.5 Å². The van der Waals surface area contributed by atoms with Gasteiger partial charge in [-0.05, 0) is 47.6 Å². The monoisotopic (exact) mass is 248 g/mol. The molecule has 0 aliphatic rings. The Morgan fingerprint density at radius 1 is 1.28 bits per heavy atom. The minimum Gasteiger partial charge on any atom is -0.296 e. The van der Waals surface area contributed by atoms with Gasteiger partial charge in [-0.2, -0.15) is 5.26 Å². The maximum absolute atomic E-state index is 10.9. The van der Waals surface area contributed by atoms with Crippen molar-refractivity contribution >= 4 is 12.0 Å². The predicted molar refractivity (Wildman–Crippen MR) is 72.4 cm³/mol. The van der Waals surface area contributed by atoms with Crippen molar-refractivity contribution in [2.45, 2.75) is 40.0 Å². The number of aryl methyl sites for hydroxylation is 1. The molecule has 1 aromatic carbocycles. The van der Waals surface area contributed by atoms with Crippen LogP contribution in [0.15, 0.2) is 18.2 Å². The van der Waals surface area contributed by atoms with Gasteiger partial charge in [-0.15, -0.1) is 0 Å². The van der Waals surface area contributed by atoms with E-state index in [0.717, 1.165) is 5.56 Å². The summed E-state index contributed by atoms with van der Waals surface area (Å²) in [6.45, 7) is 10.6. The number of carbonyl (C=O) groups is 1. The fourth-order valence-electron chi connectivity index (χ4n) is 2.16.